The third-order valence-corrected chi connectivity index (χ3v) is 2.77. The van der Waals surface area contributed by atoms with E-state index in [0.29, 0.717) is 5.56 Å². The van der Waals surface area contributed by atoms with E-state index in [0.717, 1.165) is 4.47 Å². The van der Waals surface area contributed by atoms with Gasteiger partial charge in [0.2, 0.25) is 0 Å². The lowest BCUT2D eigenvalue weighted by Crippen LogP contribution is -2.41. The lowest BCUT2D eigenvalue weighted by Gasteiger charge is -2.23. The van der Waals surface area contributed by atoms with Gasteiger partial charge < -0.3 is 10.1 Å². The molecule has 0 saturated carbocycles. The molecule has 1 rings (SSSR count). The number of carbonyl (C=O) groups excluding carboxylic acids is 2. The maximum absolute atomic E-state index is 11.7. The first-order valence-electron chi connectivity index (χ1n) is 5.92. The van der Waals surface area contributed by atoms with Gasteiger partial charge in [-0.1, -0.05) is 28.1 Å². The summed E-state index contributed by atoms with van der Waals surface area (Å²) in [7, 11) is 0. The number of halogens is 1. The molecule has 1 aromatic carbocycles. The first-order valence-corrected chi connectivity index (χ1v) is 6.71. The molecule has 110 valence electrons. The zero-order valence-corrected chi connectivity index (χ0v) is 13.0. The Morgan fingerprint density at radius 1 is 1.25 bits per heavy atom. The molecule has 0 fully saturated rings. The molecular weight excluding hydrogens is 328 g/mol. The van der Waals surface area contributed by atoms with E-state index in [1.807, 2.05) is 0 Å². The molecule has 0 aliphatic carbocycles. The van der Waals surface area contributed by atoms with E-state index in [-0.39, 0.29) is 0 Å². The lowest BCUT2D eigenvalue weighted by molar-refractivity contribution is -0.131. The predicted octanol–water partition coefficient (Wildman–Crippen LogP) is 2.52. The zero-order valence-electron chi connectivity index (χ0n) is 11.4. The van der Waals surface area contributed by atoms with Gasteiger partial charge in [0, 0.05) is 4.47 Å². The molecular formula is C13H17BrN2O4. The fourth-order valence-electron chi connectivity index (χ4n) is 1.45. The molecule has 7 heteroatoms. The maximum atomic E-state index is 11.7. The lowest BCUT2D eigenvalue weighted by atomic mass is 10.1. The van der Waals surface area contributed by atoms with Gasteiger partial charge in [-0.15, -0.1) is 0 Å². The van der Waals surface area contributed by atoms with Crippen LogP contribution >= 0.6 is 15.9 Å². The Kier molecular flexibility index (Phi) is 5.52. The Bertz CT molecular complexity index is 482. The predicted molar refractivity (Wildman–Crippen MR) is 76.2 cm³/mol. The van der Waals surface area contributed by atoms with E-state index in [1.54, 1.807) is 45.0 Å². The number of hydroxylamine groups is 1. The van der Waals surface area contributed by atoms with E-state index in [9.17, 15) is 9.59 Å². The molecule has 20 heavy (non-hydrogen) atoms. The van der Waals surface area contributed by atoms with E-state index < -0.39 is 23.6 Å². The Morgan fingerprint density at radius 2 is 1.80 bits per heavy atom. The summed E-state index contributed by atoms with van der Waals surface area (Å²) in [6.07, 6.45) is -0.742. The van der Waals surface area contributed by atoms with E-state index in [4.69, 9.17) is 9.94 Å². The number of alkyl carbamates (subject to hydrolysis) is 1. The van der Waals surface area contributed by atoms with Gasteiger partial charge >= 0.3 is 6.09 Å². The molecule has 0 heterocycles. The highest BCUT2D eigenvalue weighted by atomic mass is 79.9. The molecule has 3 N–H and O–H groups in total. The van der Waals surface area contributed by atoms with Gasteiger partial charge in [0.15, 0.2) is 0 Å². The summed E-state index contributed by atoms with van der Waals surface area (Å²) < 4.78 is 5.92. The van der Waals surface area contributed by atoms with Crippen LogP contribution in [0.15, 0.2) is 28.7 Å². The highest BCUT2D eigenvalue weighted by Gasteiger charge is 2.25. The summed E-state index contributed by atoms with van der Waals surface area (Å²) in [5.74, 6) is -0.752. The summed E-state index contributed by atoms with van der Waals surface area (Å²) in [5.41, 5.74) is 1.37. The average molecular weight is 345 g/mol. The SMILES string of the molecule is CC(C)(C)OC(=O)N[C@@H](C(=O)NO)c1ccc(Br)cc1. The molecule has 6 nitrogen and oxygen atoms in total. The normalized spacial score (nSPS) is 12.4. The first kappa shape index (κ1) is 16.5. The summed E-state index contributed by atoms with van der Waals surface area (Å²) >= 11 is 3.28. The van der Waals surface area contributed by atoms with Gasteiger partial charge in [0.25, 0.3) is 5.91 Å². The van der Waals surface area contributed by atoms with Gasteiger partial charge in [-0.2, -0.15) is 0 Å². The van der Waals surface area contributed by atoms with Crippen LogP contribution in [0.25, 0.3) is 0 Å². The van der Waals surface area contributed by atoms with Crippen LogP contribution in [0, 0.1) is 0 Å². The van der Waals surface area contributed by atoms with Crippen molar-refractivity contribution in [3.05, 3.63) is 34.3 Å². The molecule has 0 aliphatic heterocycles. The smallest absolute Gasteiger partial charge is 0.408 e. The molecule has 0 radical (unpaired) electrons. The van der Waals surface area contributed by atoms with Crippen LogP contribution in [-0.4, -0.2) is 22.8 Å². The largest absolute Gasteiger partial charge is 0.444 e. The van der Waals surface area contributed by atoms with Crippen molar-refractivity contribution in [2.45, 2.75) is 32.4 Å². The number of amides is 2. The van der Waals surface area contributed by atoms with Crippen LogP contribution in [-0.2, 0) is 9.53 Å². The minimum absolute atomic E-state index is 0.519. The van der Waals surface area contributed by atoms with Crippen molar-refractivity contribution in [3.8, 4) is 0 Å². The summed E-state index contributed by atoms with van der Waals surface area (Å²) in [4.78, 5) is 23.4. The van der Waals surface area contributed by atoms with Gasteiger partial charge in [0.1, 0.15) is 11.6 Å². The quantitative estimate of drug-likeness (QED) is 0.580. The Balaban J connectivity index is 2.88. The minimum Gasteiger partial charge on any atom is -0.444 e. The Labute approximate surface area is 125 Å². The summed E-state index contributed by atoms with van der Waals surface area (Å²) in [6.45, 7) is 5.15. The fourth-order valence-corrected chi connectivity index (χ4v) is 1.71. The van der Waals surface area contributed by atoms with Gasteiger partial charge in [-0.25, -0.2) is 10.3 Å². The molecule has 0 bridgehead atoms. The second-order valence-electron chi connectivity index (χ2n) is 5.11. The number of hydrogen-bond donors (Lipinski definition) is 3. The van der Waals surface area contributed by atoms with Crippen molar-refractivity contribution in [2.24, 2.45) is 0 Å². The Hall–Kier alpha value is -1.60. The van der Waals surface area contributed by atoms with Gasteiger partial charge in [0.05, 0.1) is 0 Å². The first-order chi connectivity index (χ1) is 9.23. The van der Waals surface area contributed by atoms with Crippen molar-refractivity contribution in [1.29, 1.82) is 0 Å². The second-order valence-corrected chi connectivity index (χ2v) is 6.02. The highest BCUT2D eigenvalue weighted by Crippen LogP contribution is 2.18. The van der Waals surface area contributed by atoms with Crippen LogP contribution in [0.5, 0.6) is 0 Å². The molecule has 2 amide bonds. The van der Waals surface area contributed by atoms with Crippen molar-refractivity contribution in [3.63, 3.8) is 0 Å². The van der Waals surface area contributed by atoms with E-state index >= 15 is 0 Å². The molecule has 1 atom stereocenters. The Morgan fingerprint density at radius 3 is 2.25 bits per heavy atom. The minimum atomic E-state index is -1.04. The number of benzene rings is 1. The number of nitrogens with one attached hydrogen (secondary N) is 2. The number of carbonyl (C=O) groups is 2. The second kappa shape index (κ2) is 6.71. The van der Waals surface area contributed by atoms with Crippen molar-refractivity contribution < 1.29 is 19.5 Å². The van der Waals surface area contributed by atoms with Crippen LogP contribution < -0.4 is 10.8 Å². The fraction of sp³-hybridized carbons (Fsp3) is 0.385. The van der Waals surface area contributed by atoms with E-state index in [2.05, 4.69) is 21.2 Å². The summed E-state index contributed by atoms with van der Waals surface area (Å²) in [6, 6.07) is 5.72. The number of rotatable bonds is 3. The molecule has 0 aromatic heterocycles. The molecule has 0 unspecified atom stereocenters. The van der Waals surface area contributed by atoms with E-state index in [1.165, 1.54) is 5.48 Å². The van der Waals surface area contributed by atoms with Crippen molar-refractivity contribution >= 4 is 27.9 Å². The number of hydrogen-bond acceptors (Lipinski definition) is 4. The monoisotopic (exact) mass is 344 g/mol. The standard InChI is InChI=1S/C13H17BrN2O4/c1-13(2,3)20-12(18)15-10(11(17)16-19)8-4-6-9(14)7-5-8/h4-7,10,19H,1-3H3,(H,15,18)(H,16,17)/t10-/m1/s1. The highest BCUT2D eigenvalue weighted by molar-refractivity contribution is 9.10. The van der Waals surface area contributed by atoms with Crippen LogP contribution in [0.4, 0.5) is 4.79 Å². The summed E-state index contributed by atoms with van der Waals surface area (Å²) in [5, 5.41) is 11.2. The van der Waals surface area contributed by atoms with Gasteiger partial charge in [-0.3, -0.25) is 10.0 Å². The average Bonchev–Trinajstić information content (AvgIpc) is 2.34. The van der Waals surface area contributed by atoms with Crippen LogP contribution in [0.1, 0.15) is 32.4 Å². The van der Waals surface area contributed by atoms with Gasteiger partial charge in [-0.05, 0) is 38.5 Å². The number of ether oxygens (including phenoxy) is 1. The van der Waals surface area contributed by atoms with Crippen LogP contribution in [0.3, 0.4) is 0 Å². The molecule has 0 spiro atoms. The maximum Gasteiger partial charge on any atom is 0.408 e. The van der Waals surface area contributed by atoms with Crippen molar-refractivity contribution in [2.75, 3.05) is 0 Å². The molecule has 0 saturated heterocycles. The third kappa shape index (κ3) is 5.18. The molecule has 1 aromatic rings. The topological polar surface area (TPSA) is 87.7 Å². The van der Waals surface area contributed by atoms with Crippen molar-refractivity contribution in [1.82, 2.24) is 10.8 Å². The zero-order chi connectivity index (χ0) is 15.3. The molecule has 0 aliphatic rings. The third-order valence-electron chi connectivity index (χ3n) is 2.24. The van der Waals surface area contributed by atoms with Crippen LogP contribution in [0.2, 0.25) is 0 Å².